The molecule has 4 atom stereocenters. The second-order valence-corrected chi connectivity index (χ2v) is 9.86. The summed E-state index contributed by atoms with van der Waals surface area (Å²) in [7, 11) is 3.73. The highest BCUT2D eigenvalue weighted by Crippen LogP contribution is 2.70. The Hall–Kier alpha value is -1.17. The highest BCUT2D eigenvalue weighted by molar-refractivity contribution is 5.92. The van der Waals surface area contributed by atoms with Gasteiger partial charge in [0.1, 0.15) is 0 Å². The van der Waals surface area contributed by atoms with E-state index in [9.17, 15) is 9.90 Å². The van der Waals surface area contributed by atoms with Gasteiger partial charge in [-0.05, 0) is 69.1 Å². The van der Waals surface area contributed by atoms with E-state index in [1.807, 2.05) is 6.92 Å². The molecule has 2 aliphatic heterocycles. The lowest BCUT2D eigenvalue weighted by molar-refractivity contribution is -0.283. The summed E-state index contributed by atoms with van der Waals surface area (Å²) in [6.45, 7) is 4.66. The number of esters is 1. The predicted molar refractivity (Wildman–Crippen MR) is 105 cm³/mol. The van der Waals surface area contributed by atoms with E-state index < -0.39 is 5.79 Å². The maximum Gasteiger partial charge on any atom is 0.334 e. The Bertz CT molecular complexity index is 773. The first-order valence-electron chi connectivity index (χ1n) is 11.0. The van der Waals surface area contributed by atoms with Crippen molar-refractivity contribution in [2.24, 2.45) is 16.7 Å². The Morgan fingerprint density at radius 1 is 1.32 bits per heavy atom. The van der Waals surface area contributed by atoms with Crippen LogP contribution in [0.2, 0.25) is 0 Å². The fourth-order valence-corrected chi connectivity index (χ4v) is 7.44. The minimum Gasteiger partial charge on any atom is -0.466 e. The molecule has 5 heteroatoms. The van der Waals surface area contributed by atoms with Gasteiger partial charge in [-0.25, -0.2) is 4.79 Å². The topological polar surface area (TPSA) is 59.0 Å². The average Bonchev–Trinajstić information content (AvgIpc) is 3.23. The van der Waals surface area contributed by atoms with Gasteiger partial charge in [-0.1, -0.05) is 12.5 Å². The Morgan fingerprint density at radius 3 is 2.82 bits per heavy atom. The van der Waals surface area contributed by atoms with Crippen molar-refractivity contribution in [1.82, 2.24) is 4.90 Å². The normalized spacial score (nSPS) is 42.8. The van der Waals surface area contributed by atoms with Crippen LogP contribution in [0.25, 0.3) is 0 Å². The number of carbonyl (C=O) groups excluding carboxylic acids is 1. The number of hydrogen-bond donors (Lipinski definition) is 1. The van der Waals surface area contributed by atoms with Crippen molar-refractivity contribution in [1.29, 1.82) is 0 Å². The number of likely N-dealkylation sites (tertiary alicyclic amines) is 1. The molecule has 1 N–H and O–H groups in total. The quantitative estimate of drug-likeness (QED) is 0.738. The molecular formula is C23H33NO4. The zero-order valence-electron chi connectivity index (χ0n) is 17.5. The summed E-state index contributed by atoms with van der Waals surface area (Å²) in [5, 5.41) is 10.8. The smallest absolute Gasteiger partial charge is 0.334 e. The van der Waals surface area contributed by atoms with E-state index in [4.69, 9.17) is 9.47 Å². The fourth-order valence-electron chi connectivity index (χ4n) is 7.44. The zero-order valence-corrected chi connectivity index (χ0v) is 17.5. The number of aliphatic hydroxyl groups is 1. The molecule has 0 aromatic heterocycles. The van der Waals surface area contributed by atoms with Crippen molar-refractivity contribution in [3.8, 4) is 0 Å². The van der Waals surface area contributed by atoms with Crippen molar-refractivity contribution >= 4 is 5.97 Å². The van der Waals surface area contributed by atoms with Crippen LogP contribution in [0.15, 0.2) is 22.3 Å². The van der Waals surface area contributed by atoms with Crippen LogP contribution in [0.3, 0.4) is 0 Å². The van der Waals surface area contributed by atoms with Crippen LogP contribution in [-0.2, 0) is 14.3 Å². The number of carbonyl (C=O) groups is 1. The van der Waals surface area contributed by atoms with Gasteiger partial charge in [0, 0.05) is 35.9 Å². The number of allylic oxidation sites excluding steroid dienone is 2. The van der Waals surface area contributed by atoms with E-state index in [1.54, 1.807) is 5.57 Å². The van der Waals surface area contributed by atoms with Gasteiger partial charge in [0.05, 0.1) is 13.7 Å². The number of hydrogen-bond acceptors (Lipinski definition) is 5. The molecule has 154 valence electrons. The van der Waals surface area contributed by atoms with Crippen molar-refractivity contribution in [2.45, 2.75) is 64.1 Å². The van der Waals surface area contributed by atoms with E-state index in [2.05, 4.69) is 11.9 Å². The third-order valence-electron chi connectivity index (χ3n) is 8.80. The Kier molecular flexibility index (Phi) is 4.15. The van der Waals surface area contributed by atoms with Crippen LogP contribution in [0, 0.1) is 16.7 Å². The molecule has 2 heterocycles. The number of ether oxygens (including phenoxy) is 2. The maximum atomic E-state index is 12.7. The van der Waals surface area contributed by atoms with Gasteiger partial charge in [-0.15, -0.1) is 0 Å². The fraction of sp³-hybridized carbons (Fsp3) is 0.783. The minimum absolute atomic E-state index is 0.00333. The molecule has 0 unspecified atom stereocenters. The maximum absolute atomic E-state index is 12.7. The summed E-state index contributed by atoms with van der Waals surface area (Å²) in [6.07, 6.45) is 7.51. The van der Waals surface area contributed by atoms with Crippen LogP contribution in [0.5, 0.6) is 0 Å². The molecule has 0 amide bonds. The first-order chi connectivity index (χ1) is 13.4. The largest absolute Gasteiger partial charge is 0.466 e. The van der Waals surface area contributed by atoms with E-state index in [0.29, 0.717) is 25.4 Å². The third-order valence-corrected chi connectivity index (χ3v) is 8.80. The van der Waals surface area contributed by atoms with Crippen molar-refractivity contribution in [3.05, 3.63) is 22.3 Å². The molecule has 0 aromatic rings. The van der Waals surface area contributed by atoms with E-state index in [0.717, 1.165) is 50.8 Å². The van der Waals surface area contributed by atoms with Gasteiger partial charge >= 0.3 is 5.97 Å². The SMILES string of the molecule is CC[C@@]1(O)CC[C@@]2(CO1)[C@@H]1CCC3=C4C(=C(C(=O)OC)C[C@]42CN(C)C1)CC3. The molecule has 5 aliphatic rings. The molecule has 2 saturated heterocycles. The first-order valence-corrected chi connectivity index (χ1v) is 11.0. The molecule has 2 bridgehead atoms. The van der Waals surface area contributed by atoms with Crippen molar-refractivity contribution in [3.63, 3.8) is 0 Å². The molecule has 5 rings (SSSR count). The lowest BCUT2D eigenvalue weighted by Gasteiger charge is -2.61. The standard InChI is InChI=1S/C23H33NO4/c1-4-23(26)10-9-21(14-28-23)16-7-5-15-6-8-17-18(20(25)27-3)11-22(21,19(15)17)13-24(2)12-16/h16,26H,4-14H2,1-3H3/t16-,21-,22+,23+/m1/s1. The molecular weight excluding hydrogens is 354 g/mol. The van der Waals surface area contributed by atoms with E-state index in [1.165, 1.54) is 24.7 Å². The zero-order chi connectivity index (χ0) is 19.7. The summed E-state index contributed by atoms with van der Waals surface area (Å²) in [5.74, 6) is -0.592. The lowest BCUT2D eigenvalue weighted by Crippen LogP contribution is -2.64. The van der Waals surface area contributed by atoms with Gasteiger partial charge in [-0.2, -0.15) is 0 Å². The van der Waals surface area contributed by atoms with Crippen LogP contribution < -0.4 is 0 Å². The van der Waals surface area contributed by atoms with Crippen LogP contribution in [0.1, 0.15) is 58.3 Å². The first kappa shape index (κ1) is 18.8. The number of piperidine rings is 1. The van der Waals surface area contributed by atoms with Crippen molar-refractivity contribution in [2.75, 3.05) is 33.9 Å². The summed E-state index contributed by atoms with van der Waals surface area (Å²) < 4.78 is 11.4. The van der Waals surface area contributed by atoms with Crippen LogP contribution >= 0.6 is 0 Å². The summed E-state index contributed by atoms with van der Waals surface area (Å²) >= 11 is 0. The summed E-state index contributed by atoms with van der Waals surface area (Å²) in [6, 6.07) is 0. The number of methoxy groups -OCH3 is 1. The number of rotatable bonds is 2. The van der Waals surface area contributed by atoms with Crippen LogP contribution in [0.4, 0.5) is 0 Å². The minimum atomic E-state index is -0.985. The van der Waals surface area contributed by atoms with Gasteiger partial charge in [-0.3, -0.25) is 0 Å². The number of nitrogens with zero attached hydrogens (tertiary/aromatic N) is 1. The third kappa shape index (κ3) is 2.27. The molecule has 2 spiro atoms. The summed E-state index contributed by atoms with van der Waals surface area (Å²) in [5.41, 5.74) is 5.21. The van der Waals surface area contributed by atoms with Gasteiger partial charge in [0.25, 0.3) is 0 Å². The predicted octanol–water partition coefficient (Wildman–Crippen LogP) is 3.19. The van der Waals surface area contributed by atoms with Gasteiger partial charge in [0.15, 0.2) is 5.79 Å². The molecule has 3 aliphatic carbocycles. The average molecular weight is 388 g/mol. The Balaban J connectivity index is 1.66. The molecule has 2 fully saturated rings. The second-order valence-electron chi connectivity index (χ2n) is 9.86. The second kappa shape index (κ2) is 6.16. The van der Waals surface area contributed by atoms with E-state index >= 15 is 0 Å². The van der Waals surface area contributed by atoms with Crippen molar-refractivity contribution < 1.29 is 19.4 Å². The highest BCUT2D eigenvalue weighted by atomic mass is 16.6. The lowest BCUT2D eigenvalue weighted by atomic mass is 9.50. The molecule has 0 radical (unpaired) electrons. The van der Waals surface area contributed by atoms with Gasteiger partial charge in [0.2, 0.25) is 0 Å². The highest BCUT2D eigenvalue weighted by Gasteiger charge is 2.67. The molecule has 28 heavy (non-hydrogen) atoms. The molecule has 5 nitrogen and oxygen atoms in total. The van der Waals surface area contributed by atoms with Crippen LogP contribution in [-0.4, -0.2) is 55.6 Å². The Labute approximate surface area is 167 Å². The van der Waals surface area contributed by atoms with E-state index in [-0.39, 0.29) is 16.8 Å². The molecule has 0 saturated carbocycles. The Morgan fingerprint density at radius 2 is 2.14 bits per heavy atom. The molecule has 0 aromatic carbocycles. The summed E-state index contributed by atoms with van der Waals surface area (Å²) in [4.78, 5) is 15.2. The van der Waals surface area contributed by atoms with Gasteiger partial charge < -0.3 is 19.5 Å². The monoisotopic (exact) mass is 387 g/mol.